The third kappa shape index (κ3) is 2.31. The van der Waals surface area contributed by atoms with Crippen LogP contribution in [-0.4, -0.2) is 9.36 Å². The summed E-state index contributed by atoms with van der Waals surface area (Å²) in [6, 6.07) is 5.13. The predicted molar refractivity (Wildman–Crippen MR) is 80.3 cm³/mol. The molecule has 7 heteroatoms. The second-order valence-electron chi connectivity index (χ2n) is 5.48. The fraction of sp³-hybridized carbons (Fsp3) is 0.400. The highest BCUT2D eigenvalue weighted by molar-refractivity contribution is 9.10. The van der Waals surface area contributed by atoms with Crippen molar-refractivity contribution < 1.29 is 13.2 Å². The minimum atomic E-state index is -4.51. The zero-order valence-electron chi connectivity index (χ0n) is 11.8. The van der Waals surface area contributed by atoms with Crippen LogP contribution in [0.1, 0.15) is 36.4 Å². The largest absolute Gasteiger partial charge is 0.418 e. The van der Waals surface area contributed by atoms with E-state index in [0.29, 0.717) is 4.47 Å². The number of benzene rings is 1. The van der Waals surface area contributed by atoms with Gasteiger partial charge in [-0.1, -0.05) is 18.6 Å². The summed E-state index contributed by atoms with van der Waals surface area (Å²) in [5.74, 6) is 0.228. The molecule has 118 valence electrons. The summed E-state index contributed by atoms with van der Waals surface area (Å²) in [5.41, 5.74) is -0.645. The number of nitrogens with zero attached hydrogens (tertiary/aromatic N) is 2. The molecule has 1 aliphatic carbocycles. The maximum Gasteiger partial charge on any atom is 0.418 e. The molecule has 3 nitrogen and oxygen atoms in total. The van der Waals surface area contributed by atoms with Crippen LogP contribution < -0.4 is 5.56 Å². The fourth-order valence-electron chi connectivity index (χ4n) is 2.88. The lowest BCUT2D eigenvalue weighted by Crippen LogP contribution is -2.24. The quantitative estimate of drug-likeness (QED) is 0.772. The Morgan fingerprint density at radius 2 is 1.86 bits per heavy atom. The normalized spacial score (nSPS) is 15.9. The van der Waals surface area contributed by atoms with Crippen LogP contribution in [0.3, 0.4) is 0 Å². The molecular weight excluding hydrogens is 361 g/mol. The third-order valence-corrected chi connectivity index (χ3v) is 4.93. The lowest BCUT2D eigenvalue weighted by atomic mass is 9.83. The lowest BCUT2D eigenvalue weighted by molar-refractivity contribution is -0.137. The predicted octanol–water partition coefficient (Wildman–Crippen LogP) is 4.22. The van der Waals surface area contributed by atoms with Crippen molar-refractivity contribution in [3.63, 3.8) is 0 Å². The van der Waals surface area contributed by atoms with E-state index < -0.39 is 17.3 Å². The average molecular weight is 375 g/mol. The Balaban J connectivity index is 2.24. The van der Waals surface area contributed by atoms with Crippen molar-refractivity contribution in [3.05, 3.63) is 50.3 Å². The Morgan fingerprint density at radius 3 is 2.41 bits per heavy atom. The van der Waals surface area contributed by atoms with Gasteiger partial charge in [0.25, 0.3) is 5.56 Å². The number of hydrogen-bond acceptors (Lipinski definition) is 1. The van der Waals surface area contributed by atoms with Gasteiger partial charge in [-0.3, -0.25) is 9.48 Å². The molecular formula is C15H14BrF3N2O. The van der Waals surface area contributed by atoms with Gasteiger partial charge >= 0.3 is 6.18 Å². The van der Waals surface area contributed by atoms with Gasteiger partial charge in [-0.05, 0) is 40.9 Å². The first-order valence-corrected chi connectivity index (χ1v) is 7.75. The smallest absolute Gasteiger partial charge is 0.284 e. The average Bonchev–Trinajstić information content (AvgIpc) is 2.60. The Kier molecular flexibility index (Phi) is 3.71. The van der Waals surface area contributed by atoms with Gasteiger partial charge in [-0.2, -0.15) is 13.2 Å². The molecule has 0 aliphatic heterocycles. The molecule has 0 bridgehead atoms. The summed E-state index contributed by atoms with van der Waals surface area (Å²) in [6.07, 6.45) is -1.52. The molecule has 0 saturated heterocycles. The van der Waals surface area contributed by atoms with E-state index in [4.69, 9.17) is 0 Å². The molecule has 0 N–H and O–H groups in total. The first-order valence-electron chi connectivity index (χ1n) is 6.96. The van der Waals surface area contributed by atoms with E-state index in [-0.39, 0.29) is 11.6 Å². The number of alkyl halides is 3. The first kappa shape index (κ1) is 15.4. The minimum Gasteiger partial charge on any atom is -0.284 e. The monoisotopic (exact) mass is 374 g/mol. The minimum absolute atomic E-state index is 0.145. The van der Waals surface area contributed by atoms with Crippen LogP contribution in [0.15, 0.2) is 33.5 Å². The maximum absolute atomic E-state index is 13.2. The number of aromatic nitrogens is 2. The third-order valence-electron chi connectivity index (χ3n) is 4.18. The summed E-state index contributed by atoms with van der Waals surface area (Å²) in [4.78, 5) is 12.5. The van der Waals surface area contributed by atoms with Crippen molar-refractivity contribution in [1.82, 2.24) is 9.36 Å². The van der Waals surface area contributed by atoms with E-state index in [1.165, 1.54) is 18.2 Å². The highest BCUT2D eigenvalue weighted by Crippen LogP contribution is 2.40. The molecule has 0 amide bonds. The molecule has 0 atom stereocenters. The van der Waals surface area contributed by atoms with Gasteiger partial charge in [0.15, 0.2) is 0 Å². The zero-order valence-corrected chi connectivity index (χ0v) is 13.4. The van der Waals surface area contributed by atoms with Crippen molar-refractivity contribution in [1.29, 1.82) is 0 Å². The number of para-hydroxylation sites is 1. The molecule has 0 unspecified atom stereocenters. The molecule has 1 fully saturated rings. The summed E-state index contributed by atoms with van der Waals surface area (Å²) in [6.45, 7) is 0. The van der Waals surface area contributed by atoms with E-state index in [1.807, 2.05) is 0 Å². The van der Waals surface area contributed by atoms with Gasteiger partial charge in [-0.15, -0.1) is 0 Å². The molecule has 3 rings (SSSR count). The van der Waals surface area contributed by atoms with Gasteiger partial charge < -0.3 is 0 Å². The Morgan fingerprint density at radius 1 is 1.23 bits per heavy atom. The number of rotatable bonds is 2. The topological polar surface area (TPSA) is 26.9 Å². The lowest BCUT2D eigenvalue weighted by Gasteiger charge is -2.26. The number of hydrogen-bond donors (Lipinski definition) is 0. The molecule has 1 heterocycles. The SMILES string of the molecule is Cn1c(C2CCC2)c(Br)c(=O)n1-c1ccccc1C(F)(F)F. The van der Waals surface area contributed by atoms with Gasteiger partial charge in [-0.25, -0.2) is 4.68 Å². The highest BCUT2D eigenvalue weighted by Gasteiger charge is 2.36. The van der Waals surface area contributed by atoms with Crippen LogP contribution >= 0.6 is 15.9 Å². The summed E-state index contributed by atoms with van der Waals surface area (Å²) < 4.78 is 42.6. The van der Waals surface area contributed by atoms with E-state index >= 15 is 0 Å². The van der Waals surface area contributed by atoms with E-state index in [0.717, 1.165) is 35.7 Å². The number of halogens is 4. The van der Waals surface area contributed by atoms with Gasteiger partial charge in [0.05, 0.1) is 16.9 Å². The van der Waals surface area contributed by atoms with Crippen LogP contribution in [-0.2, 0) is 13.2 Å². The van der Waals surface area contributed by atoms with Crippen LogP contribution in [0, 0.1) is 0 Å². The molecule has 22 heavy (non-hydrogen) atoms. The molecule has 1 saturated carbocycles. The van der Waals surface area contributed by atoms with Gasteiger partial charge in [0.2, 0.25) is 0 Å². The van der Waals surface area contributed by atoms with Crippen molar-refractivity contribution >= 4 is 15.9 Å². The van der Waals surface area contributed by atoms with E-state index in [2.05, 4.69) is 15.9 Å². The standard InChI is InChI=1S/C15H14BrF3N2O/c1-20-13(9-5-4-6-9)12(16)14(22)21(20)11-8-3-2-7-10(11)15(17,18)19/h2-3,7-9H,4-6H2,1H3. The first-order chi connectivity index (χ1) is 10.3. The van der Waals surface area contributed by atoms with E-state index in [1.54, 1.807) is 11.7 Å². The molecule has 1 aliphatic rings. The van der Waals surface area contributed by atoms with Crippen LogP contribution in [0.2, 0.25) is 0 Å². The summed E-state index contributed by atoms with van der Waals surface area (Å²) in [7, 11) is 1.63. The van der Waals surface area contributed by atoms with Crippen molar-refractivity contribution in [3.8, 4) is 5.69 Å². The van der Waals surface area contributed by atoms with Gasteiger partial charge in [0.1, 0.15) is 4.47 Å². The summed E-state index contributed by atoms with van der Waals surface area (Å²) in [5, 5.41) is 0. The van der Waals surface area contributed by atoms with Crippen molar-refractivity contribution in [2.45, 2.75) is 31.4 Å². The van der Waals surface area contributed by atoms with Crippen LogP contribution in [0.25, 0.3) is 5.69 Å². The molecule has 0 radical (unpaired) electrons. The van der Waals surface area contributed by atoms with Crippen molar-refractivity contribution in [2.75, 3.05) is 0 Å². The second-order valence-corrected chi connectivity index (χ2v) is 6.28. The highest BCUT2D eigenvalue weighted by atomic mass is 79.9. The zero-order chi connectivity index (χ0) is 16.1. The van der Waals surface area contributed by atoms with Crippen molar-refractivity contribution in [2.24, 2.45) is 7.05 Å². The second kappa shape index (κ2) is 5.30. The molecule has 1 aromatic carbocycles. The Hall–Kier alpha value is -1.50. The summed E-state index contributed by atoms with van der Waals surface area (Å²) >= 11 is 3.26. The maximum atomic E-state index is 13.2. The van der Waals surface area contributed by atoms with Gasteiger partial charge in [0, 0.05) is 13.0 Å². The fourth-order valence-corrected chi connectivity index (χ4v) is 3.63. The molecule has 2 aromatic rings. The Labute approximate surface area is 133 Å². The molecule has 0 spiro atoms. The van der Waals surface area contributed by atoms with E-state index in [9.17, 15) is 18.0 Å². The van der Waals surface area contributed by atoms with Crippen LogP contribution in [0.4, 0.5) is 13.2 Å². The van der Waals surface area contributed by atoms with Crippen LogP contribution in [0.5, 0.6) is 0 Å². The molecule has 1 aromatic heterocycles. The Bertz CT molecular complexity index is 772.